The Labute approximate surface area is 186 Å². The Kier molecular flexibility index (Phi) is 5.78. The summed E-state index contributed by atoms with van der Waals surface area (Å²) in [5, 5.41) is 2.79. The Morgan fingerprint density at radius 2 is 1.73 bits per heavy atom. The van der Waals surface area contributed by atoms with E-state index in [1.54, 1.807) is 49.4 Å². The second kappa shape index (κ2) is 8.70. The van der Waals surface area contributed by atoms with Crippen molar-refractivity contribution < 1.29 is 18.3 Å². The number of anilines is 1. The van der Waals surface area contributed by atoms with E-state index in [0.29, 0.717) is 22.1 Å². The molecule has 1 aromatic heterocycles. The zero-order chi connectivity index (χ0) is 23.7. The molecule has 0 spiro atoms. The van der Waals surface area contributed by atoms with Crippen molar-refractivity contribution in [3.63, 3.8) is 0 Å². The molecule has 0 saturated heterocycles. The summed E-state index contributed by atoms with van der Waals surface area (Å²) in [4.78, 5) is 39.1. The Bertz CT molecular complexity index is 1490. The number of aromatic nitrogens is 2. The molecule has 0 saturated carbocycles. The summed E-state index contributed by atoms with van der Waals surface area (Å²) in [6, 6.07) is 13.9. The summed E-state index contributed by atoms with van der Waals surface area (Å²) in [7, 11) is 1.52. The number of nitrogens with one attached hydrogen (secondary N) is 1. The number of amides is 1. The predicted molar refractivity (Wildman–Crippen MR) is 120 cm³/mol. The number of nitrogens with zero attached hydrogens (tertiary/aromatic N) is 2. The lowest BCUT2D eigenvalue weighted by atomic mass is 10.1. The van der Waals surface area contributed by atoms with Crippen LogP contribution in [-0.4, -0.2) is 22.2 Å². The van der Waals surface area contributed by atoms with Crippen LogP contribution in [0.25, 0.3) is 16.6 Å². The maximum Gasteiger partial charge on any atom is 0.336 e. The smallest absolute Gasteiger partial charge is 0.336 e. The normalized spacial score (nSPS) is 10.9. The number of methoxy groups -OCH3 is 1. The number of carbonyl (C=O) groups excluding carboxylic acids is 1. The van der Waals surface area contributed by atoms with E-state index in [9.17, 15) is 23.2 Å². The van der Waals surface area contributed by atoms with Crippen molar-refractivity contribution >= 4 is 22.5 Å². The van der Waals surface area contributed by atoms with E-state index in [4.69, 9.17) is 4.74 Å². The number of rotatable bonds is 5. The van der Waals surface area contributed by atoms with Crippen LogP contribution < -0.4 is 21.3 Å². The monoisotopic (exact) mass is 451 g/mol. The average Bonchev–Trinajstić information content (AvgIpc) is 2.78. The lowest BCUT2D eigenvalue weighted by Crippen LogP contribution is -2.41. The molecule has 1 amide bonds. The SMILES string of the molecule is COc1ccc(NC(=O)Cn2c(=O)n(-c3ccc(F)cc3F)c(=O)c3cc(C)ccc32)cc1. The minimum absolute atomic E-state index is 0.121. The van der Waals surface area contributed by atoms with Gasteiger partial charge in [0.1, 0.15) is 23.9 Å². The van der Waals surface area contributed by atoms with Gasteiger partial charge in [-0.1, -0.05) is 11.6 Å². The number of fused-ring (bicyclic) bond motifs is 1. The van der Waals surface area contributed by atoms with Gasteiger partial charge in [0.05, 0.1) is 23.7 Å². The minimum atomic E-state index is -1.07. The zero-order valence-electron chi connectivity index (χ0n) is 17.8. The van der Waals surface area contributed by atoms with Gasteiger partial charge in [0.15, 0.2) is 0 Å². The van der Waals surface area contributed by atoms with Gasteiger partial charge < -0.3 is 10.1 Å². The number of hydrogen-bond donors (Lipinski definition) is 1. The van der Waals surface area contributed by atoms with E-state index >= 15 is 0 Å². The molecule has 0 radical (unpaired) electrons. The molecule has 0 bridgehead atoms. The number of ether oxygens (including phenoxy) is 1. The van der Waals surface area contributed by atoms with Crippen molar-refractivity contribution in [1.29, 1.82) is 0 Å². The predicted octanol–water partition coefficient (Wildman–Crippen LogP) is 3.39. The van der Waals surface area contributed by atoms with Gasteiger partial charge >= 0.3 is 5.69 Å². The third kappa shape index (κ3) is 4.25. The van der Waals surface area contributed by atoms with Gasteiger partial charge in [0.25, 0.3) is 5.56 Å². The molecule has 7 nitrogen and oxygen atoms in total. The lowest BCUT2D eigenvalue weighted by Gasteiger charge is -2.15. The molecule has 0 atom stereocenters. The van der Waals surface area contributed by atoms with Crippen molar-refractivity contribution in [2.75, 3.05) is 12.4 Å². The molecule has 0 fully saturated rings. The van der Waals surface area contributed by atoms with E-state index in [2.05, 4.69) is 5.32 Å². The summed E-state index contributed by atoms with van der Waals surface area (Å²) >= 11 is 0. The molecule has 0 aliphatic rings. The van der Waals surface area contributed by atoms with Crippen LogP contribution >= 0.6 is 0 Å². The minimum Gasteiger partial charge on any atom is -0.497 e. The maximum absolute atomic E-state index is 14.5. The highest BCUT2D eigenvalue weighted by molar-refractivity contribution is 5.91. The first-order valence-electron chi connectivity index (χ1n) is 9.94. The van der Waals surface area contributed by atoms with Gasteiger partial charge in [0.2, 0.25) is 5.91 Å². The van der Waals surface area contributed by atoms with Gasteiger partial charge in [-0.3, -0.25) is 14.2 Å². The number of aryl methyl sites for hydroxylation is 1. The summed E-state index contributed by atoms with van der Waals surface area (Å²) < 4.78 is 34.7. The molecule has 9 heteroatoms. The van der Waals surface area contributed by atoms with Gasteiger partial charge in [0, 0.05) is 11.8 Å². The number of benzene rings is 3. The average molecular weight is 451 g/mol. The lowest BCUT2D eigenvalue weighted by molar-refractivity contribution is -0.116. The zero-order valence-corrected chi connectivity index (χ0v) is 17.8. The van der Waals surface area contributed by atoms with Gasteiger partial charge in [-0.15, -0.1) is 0 Å². The highest BCUT2D eigenvalue weighted by Crippen LogP contribution is 2.17. The molecule has 4 rings (SSSR count). The maximum atomic E-state index is 14.5. The highest BCUT2D eigenvalue weighted by Gasteiger charge is 2.19. The van der Waals surface area contributed by atoms with Crippen LogP contribution in [0.5, 0.6) is 5.75 Å². The third-order valence-corrected chi connectivity index (χ3v) is 5.12. The van der Waals surface area contributed by atoms with Gasteiger partial charge in [-0.2, -0.15) is 0 Å². The summed E-state index contributed by atoms with van der Waals surface area (Å²) in [6.45, 7) is 1.32. The fourth-order valence-electron chi connectivity index (χ4n) is 3.53. The Morgan fingerprint density at radius 1 is 1.00 bits per heavy atom. The van der Waals surface area contributed by atoms with E-state index in [-0.39, 0.29) is 10.9 Å². The highest BCUT2D eigenvalue weighted by atomic mass is 19.1. The second-order valence-corrected chi connectivity index (χ2v) is 7.40. The molecule has 1 heterocycles. The van der Waals surface area contributed by atoms with Crippen LogP contribution in [0.3, 0.4) is 0 Å². The van der Waals surface area contributed by atoms with Gasteiger partial charge in [-0.05, 0) is 55.5 Å². The molecule has 33 heavy (non-hydrogen) atoms. The van der Waals surface area contributed by atoms with Crippen molar-refractivity contribution in [2.24, 2.45) is 0 Å². The van der Waals surface area contributed by atoms with E-state index in [1.807, 2.05) is 0 Å². The number of carbonyl (C=O) groups is 1. The Morgan fingerprint density at radius 3 is 2.39 bits per heavy atom. The molecule has 3 aromatic carbocycles. The van der Waals surface area contributed by atoms with Crippen LogP contribution in [-0.2, 0) is 11.3 Å². The van der Waals surface area contributed by atoms with Crippen LogP contribution in [0.1, 0.15) is 5.56 Å². The number of hydrogen-bond acceptors (Lipinski definition) is 4. The van der Waals surface area contributed by atoms with Crippen LogP contribution in [0, 0.1) is 18.6 Å². The van der Waals surface area contributed by atoms with Crippen LogP contribution in [0.2, 0.25) is 0 Å². The summed E-state index contributed by atoms with van der Waals surface area (Å²) in [5.41, 5.74) is -0.661. The molecule has 4 aromatic rings. The molecule has 0 aliphatic carbocycles. The molecular formula is C24H19F2N3O4. The molecule has 168 valence electrons. The quantitative estimate of drug-likeness (QED) is 0.504. The third-order valence-electron chi connectivity index (χ3n) is 5.12. The van der Waals surface area contributed by atoms with E-state index < -0.39 is 41.0 Å². The van der Waals surface area contributed by atoms with Crippen LogP contribution in [0.4, 0.5) is 14.5 Å². The van der Waals surface area contributed by atoms with E-state index in [1.165, 1.54) is 7.11 Å². The summed E-state index contributed by atoms with van der Waals surface area (Å²) in [6.07, 6.45) is 0. The largest absolute Gasteiger partial charge is 0.497 e. The molecule has 0 unspecified atom stereocenters. The topological polar surface area (TPSA) is 82.3 Å². The Balaban J connectivity index is 1.84. The van der Waals surface area contributed by atoms with Crippen molar-refractivity contribution in [2.45, 2.75) is 13.5 Å². The van der Waals surface area contributed by atoms with Gasteiger partial charge in [-0.25, -0.2) is 18.1 Å². The first-order chi connectivity index (χ1) is 15.8. The molecule has 0 aliphatic heterocycles. The summed E-state index contributed by atoms with van der Waals surface area (Å²) in [5.74, 6) is -1.84. The fraction of sp³-hybridized carbons (Fsp3) is 0.125. The van der Waals surface area contributed by atoms with E-state index in [0.717, 1.165) is 22.3 Å². The standard InChI is InChI=1S/C24H19F2N3O4/c1-14-3-9-20-18(11-14)23(31)29(21-10-4-15(25)12-19(21)26)24(32)28(20)13-22(30)27-16-5-7-17(33-2)8-6-16/h3-12H,13H2,1-2H3,(H,27,30). The number of halogens is 2. The Hall–Kier alpha value is -4.27. The first kappa shape index (κ1) is 21.9. The van der Waals surface area contributed by atoms with Crippen molar-refractivity contribution in [3.8, 4) is 11.4 Å². The van der Waals surface area contributed by atoms with Crippen LogP contribution in [0.15, 0.2) is 70.3 Å². The van der Waals surface area contributed by atoms with Crippen molar-refractivity contribution in [1.82, 2.24) is 9.13 Å². The molecule has 1 N–H and O–H groups in total. The molecular weight excluding hydrogens is 432 g/mol. The van der Waals surface area contributed by atoms with Crippen molar-refractivity contribution in [3.05, 3.63) is 98.7 Å². The first-order valence-corrected chi connectivity index (χ1v) is 9.94. The fourth-order valence-corrected chi connectivity index (χ4v) is 3.53. The second-order valence-electron chi connectivity index (χ2n) is 7.40.